The van der Waals surface area contributed by atoms with E-state index in [1.54, 1.807) is 12.1 Å². The predicted octanol–water partition coefficient (Wildman–Crippen LogP) is 1.08. The highest BCUT2D eigenvalue weighted by atomic mass is 32.2. The van der Waals surface area contributed by atoms with Crippen molar-refractivity contribution in [2.45, 2.75) is 37.6 Å². The Balaban J connectivity index is 2.14. The third-order valence-electron chi connectivity index (χ3n) is 3.56. The SMILES string of the molecule is CC(C)[C@H](N)C(=O)Nc1cccc(S(=O)(=O)NC2=NCCC2)c1. The molecule has 1 aliphatic rings. The van der Waals surface area contributed by atoms with Gasteiger partial charge in [0.1, 0.15) is 5.84 Å². The average molecular weight is 338 g/mol. The number of hydrogen-bond acceptors (Lipinski definition) is 5. The number of anilines is 1. The van der Waals surface area contributed by atoms with Gasteiger partial charge in [0, 0.05) is 18.7 Å². The number of nitrogens with one attached hydrogen (secondary N) is 2. The van der Waals surface area contributed by atoms with Crippen LogP contribution < -0.4 is 15.8 Å². The molecule has 7 nitrogen and oxygen atoms in total. The summed E-state index contributed by atoms with van der Waals surface area (Å²) >= 11 is 0. The van der Waals surface area contributed by atoms with Gasteiger partial charge in [-0.15, -0.1) is 0 Å². The van der Waals surface area contributed by atoms with Gasteiger partial charge >= 0.3 is 0 Å². The molecule has 126 valence electrons. The normalized spacial score (nSPS) is 16.1. The van der Waals surface area contributed by atoms with Gasteiger partial charge in [0.15, 0.2) is 0 Å². The minimum atomic E-state index is -3.70. The van der Waals surface area contributed by atoms with Crippen LogP contribution in [0.2, 0.25) is 0 Å². The van der Waals surface area contributed by atoms with Crippen LogP contribution >= 0.6 is 0 Å². The van der Waals surface area contributed by atoms with Crippen LogP contribution in [0.3, 0.4) is 0 Å². The van der Waals surface area contributed by atoms with E-state index in [0.717, 1.165) is 6.42 Å². The monoisotopic (exact) mass is 338 g/mol. The molecule has 0 bridgehead atoms. The first-order chi connectivity index (χ1) is 10.8. The van der Waals surface area contributed by atoms with Gasteiger partial charge in [-0.25, -0.2) is 8.42 Å². The lowest BCUT2D eigenvalue weighted by Gasteiger charge is -2.16. The molecule has 0 saturated carbocycles. The van der Waals surface area contributed by atoms with Crippen LogP contribution in [0.4, 0.5) is 5.69 Å². The van der Waals surface area contributed by atoms with Crippen molar-refractivity contribution < 1.29 is 13.2 Å². The smallest absolute Gasteiger partial charge is 0.262 e. The molecule has 0 spiro atoms. The van der Waals surface area contributed by atoms with Gasteiger partial charge in [0.2, 0.25) is 5.91 Å². The summed E-state index contributed by atoms with van der Waals surface area (Å²) in [5.41, 5.74) is 6.17. The van der Waals surface area contributed by atoms with Crippen LogP contribution in [0.5, 0.6) is 0 Å². The molecular weight excluding hydrogens is 316 g/mol. The highest BCUT2D eigenvalue weighted by Gasteiger charge is 2.20. The third-order valence-corrected chi connectivity index (χ3v) is 4.94. The molecule has 1 aromatic carbocycles. The first-order valence-electron chi connectivity index (χ1n) is 7.52. The van der Waals surface area contributed by atoms with Gasteiger partial charge < -0.3 is 11.1 Å². The van der Waals surface area contributed by atoms with Crippen LogP contribution in [0.25, 0.3) is 0 Å². The van der Waals surface area contributed by atoms with Crippen molar-refractivity contribution in [3.8, 4) is 0 Å². The Morgan fingerprint density at radius 2 is 2.09 bits per heavy atom. The van der Waals surface area contributed by atoms with Crippen molar-refractivity contribution >= 4 is 27.5 Å². The Bertz CT molecular complexity index is 713. The number of nitrogens with two attached hydrogens (primary N) is 1. The van der Waals surface area contributed by atoms with E-state index in [4.69, 9.17) is 5.73 Å². The summed E-state index contributed by atoms with van der Waals surface area (Å²) in [5.74, 6) is 0.118. The lowest BCUT2D eigenvalue weighted by atomic mass is 10.1. The van der Waals surface area contributed by atoms with Crippen LogP contribution in [-0.2, 0) is 14.8 Å². The summed E-state index contributed by atoms with van der Waals surface area (Å²) in [4.78, 5) is 16.1. The highest BCUT2D eigenvalue weighted by Crippen LogP contribution is 2.17. The second kappa shape index (κ2) is 7.10. The molecule has 0 unspecified atom stereocenters. The zero-order chi connectivity index (χ0) is 17.0. The maximum absolute atomic E-state index is 12.3. The molecule has 2 rings (SSSR count). The summed E-state index contributed by atoms with van der Waals surface area (Å²) < 4.78 is 27.2. The Labute approximate surface area is 136 Å². The van der Waals surface area contributed by atoms with Crippen LogP contribution in [0, 0.1) is 5.92 Å². The second-order valence-corrected chi connectivity index (χ2v) is 7.51. The summed E-state index contributed by atoms with van der Waals surface area (Å²) in [5, 5.41) is 2.64. The molecule has 0 aliphatic carbocycles. The molecule has 1 amide bonds. The number of nitrogens with zero attached hydrogens (tertiary/aromatic N) is 1. The molecule has 0 saturated heterocycles. The first kappa shape index (κ1) is 17.4. The van der Waals surface area contributed by atoms with Gasteiger partial charge in [-0.05, 0) is 30.5 Å². The Hall–Kier alpha value is -1.93. The number of sulfonamides is 1. The summed E-state index contributed by atoms with van der Waals surface area (Å²) in [6.07, 6.45) is 1.47. The molecule has 0 fully saturated rings. The topological polar surface area (TPSA) is 114 Å². The Morgan fingerprint density at radius 1 is 1.35 bits per heavy atom. The largest absolute Gasteiger partial charge is 0.325 e. The second-order valence-electron chi connectivity index (χ2n) is 5.82. The van der Waals surface area contributed by atoms with Crippen LogP contribution in [-0.4, -0.2) is 32.7 Å². The number of aliphatic imine (C=N–C) groups is 1. The molecule has 1 atom stereocenters. The van der Waals surface area contributed by atoms with Crippen molar-refractivity contribution in [2.75, 3.05) is 11.9 Å². The van der Waals surface area contributed by atoms with Gasteiger partial charge in [-0.3, -0.25) is 14.5 Å². The zero-order valence-electron chi connectivity index (χ0n) is 13.2. The fourth-order valence-corrected chi connectivity index (χ4v) is 3.24. The van der Waals surface area contributed by atoms with Gasteiger partial charge in [0.05, 0.1) is 10.9 Å². The van der Waals surface area contributed by atoms with Crippen molar-refractivity contribution in [1.82, 2.24) is 4.72 Å². The van der Waals surface area contributed by atoms with Gasteiger partial charge in [-0.2, -0.15) is 0 Å². The van der Waals surface area contributed by atoms with E-state index in [1.807, 2.05) is 13.8 Å². The number of amides is 1. The van der Waals surface area contributed by atoms with Crippen molar-refractivity contribution in [3.63, 3.8) is 0 Å². The molecule has 23 heavy (non-hydrogen) atoms. The maximum atomic E-state index is 12.3. The van der Waals surface area contributed by atoms with Gasteiger partial charge in [-0.1, -0.05) is 19.9 Å². The quantitative estimate of drug-likeness (QED) is 0.745. The van der Waals surface area contributed by atoms with E-state index in [-0.39, 0.29) is 16.7 Å². The molecule has 1 aromatic rings. The van der Waals surface area contributed by atoms with E-state index >= 15 is 0 Å². The number of carbonyl (C=O) groups is 1. The molecule has 0 aromatic heterocycles. The van der Waals surface area contributed by atoms with Crippen molar-refractivity contribution in [3.05, 3.63) is 24.3 Å². The average Bonchev–Trinajstić information content (AvgIpc) is 2.98. The predicted molar refractivity (Wildman–Crippen MR) is 89.7 cm³/mol. The Kier molecular flexibility index (Phi) is 5.38. The summed E-state index contributed by atoms with van der Waals surface area (Å²) in [6.45, 7) is 4.33. The number of benzene rings is 1. The first-order valence-corrected chi connectivity index (χ1v) is 9.00. The lowest BCUT2D eigenvalue weighted by Crippen LogP contribution is -2.39. The standard InChI is InChI=1S/C15H22N4O3S/c1-10(2)14(16)15(20)18-11-5-3-6-12(9-11)23(21,22)19-13-7-4-8-17-13/h3,5-6,9-10,14H,4,7-8,16H2,1-2H3,(H,17,19)(H,18,20)/t14-/m0/s1. The molecule has 4 N–H and O–H groups in total. The minimum absolute atomic E-state index is 0.0102. The third kappa shape index (κ3) is 4.52. The van der Waals surface area contributed by atoms with Crippen LogP contribution in [0.15, 0.2) is 34.2 Å². The van der Waals surface area contributed by atoms with E-state index in [1.165, 1.54) is 12.1 Å². The number of carbonyl (C=O) groups excluding carboxylic acids is 1. The molecule has 1 heterocycles. The van der Waals surface area contributed by atoms with Gasteiger partial charge in [0.25, 0.3) is 10.0 Å². The van der Waals surface area contributed by atoms with E-state index in [9.17, 15) is 13.2 Å². The summed E-state index contributed by atoms with van der Waals surface area (Å²) in [6, 6.07) is 5.42. The zero-order valence-corrected chi connectivity index (χ0v) is 14.1. The summed E-state index contributed by atoms with van der Waals surface area (Å²) in [7, 11) is -3.70. The maximum Gasteiger partial charge on any atom is 0.262 e. The molecule has 8 heteroatoms. The molecule has 0 radical (unpaired) electrons. The fraction of sp³-hybridized carbons (Fsp3) is 0.467. The minimum Gasteiger partial charge on any atom is -0.325 e. The van der Waals surface area contributed by atoms with E-state index < -0.39 is 16.1 Å². The molecule has 1 aliphatic heterocycles. The fourth-order valence-electron chi connectivity index (χ4n) is 2.11. The van der Waals surface area contributed by atoms with Crippen LogP contribution in [0.1, 0.15) is 26.7 Å². The number of amidine groups is 1. The van der Waals surface area contributed by atoms with E-state index in [2.05, 4.69) is 15.0 Å². The lowest BCUT2D eigenvalue weighted by molar-refractivity contribution is -0.118. The number of hydrogen-bond donors (Lipinski definition) is 3. The van der Waals surface area contributed by atoms with Crippen molar-refractivity contribution in [1.29, 1.82) is 0 Å². The highest BCUT2D eigenvalue weighted by molar-refractivity contribution is 7.90. The molecular formula is C15H22N4O3S. The van der Waals surface area contributed by atoms with Crippen molar-refractivity contribution in [2.24, 2.45) is 16.6 Å². The van der Waals surface area contributed by atoms with E-state index in [0.29, 0.717) is 24.5 Å². The number of rotatable bonds is 5. The Morgan fingerprint density at radius 3 is 2.70 bits per heavy atom.